The fourth-order valence-corrected chi connectivity index (χ4v) is 1.79. The number of benzene rings is 1. The van der Waals surface area contributed by atoms with E-state index in [1.54, 1.807) is 30.5 Å². The Balaban J connectivity index is 2.13. The minimum Gasteiger partial charge on any atom is -0.465 e. The lowest BCUT2D eigenvalue weighted by molar-refractivity contribution is 0.0601. The molecule has 2 rings (SSSR count). The molecule has 1 aromatic carbocycles. The molecule has 2 aromatic rings. The van der Waals surface area contributed by atoms with Gasteiger partial charge in [0, 0.05) is 11.9 Å². The van der Waals surface area contributed by atoms with Crippen LogP contribution in [0.3, 0.4) is 0 Å². The summed E-state index contributed by atoms with van der Waals surface area (Å²) in [4.78, 5) is 20.0. The first kappa shape index (κ1) is 16.0. The predicted octanol–water partition coefficient (Wildman–Crippen LogP) is 1.91. The van der Waals surface area contributed by atoms with Gasteiger partial charge in [-0.2, -0.15) is 5.26 Å². The van der Waals surface area contributed by atoms with Crippen LogP contribution in [0.4, 0.5) is 5.69 Å². The molecule has 0 aliphatic rings. The van der Waals surface area contributed by atoms with Gasteiger partial charge < -0.3 is 10.1 Å². The average molecular weight is 309 g/mol. The second kappa shape index (κ2) is 8.14. The molecule has 0 atom stereocenters. The van der Waals surface area contributed by atoms with Crippen molar-refractivity contribution in [1.29, 1.82) is 5.26 Å². The topological polar surface area (TPSA) is 99.4 Å². The van der Waals surface area contributed by atoms with Gasteiger partial charge in [-0.25, -0.2) is 9.79 Å². The highest BCUT2D eigenvalue weighted by Gasteiger charge is 2.07. The first-order chi connectivity index (χ1) is 11.2. The van der Waals surface area contributed by atoms with Crippen LogP contribution in [-0.4, -0.2) is 24.0 Å². The van der Waals surface area contributed by atoms with Crippen LogP contribution in [0.25, 0.3) is 0 Å². The zero-order valence-corrected chi connectivity index (χ0v) is 12.5. The van der Waals surface area contributed by atoms with Crippen LogP contribution in [0, 0.1) is 11.5 Å². The van der Waals surface area contributed by atoms with Gasteiger partial charge in [-0.1, -0.05) is 12.1 Å². The van der Waals surface area contributed by atoms with Crippen LogP contribution in [0.1, 0.15) is 16.1 Å². The van der Waals surface area contributed by atoms with E-state index in [0.717, 1.165) is 5.69 Å². The van der Waals surface area contributed by atoms with Crippen LogP contribution in [-0.2, 0) is 11.3 Å². The third-order valence-electron chi connectivity index (χ3n) is 2.85. The average Bonchev–Trinajstić information content (AvgIpc) is 2.60. The van der Waals surface area contributed by atoms with E-state index < -0.39 is 5.97 Å². The van der Waals surface area contributed by atoms with Gasteiger partial charge in [-0.15, -0.1) is 0 Å². The molecule has 1 aromatic heterocycles. The Kier molecular flexibility index (Phi) is 5.66. The molecule has 0 fully saturated rings. The Hall–Kier alpha value is -3.40. The number of anilines is 1. The summed E-state index contributed by atoms with van der Waals surface area (Å²) in [6, 6.07) is 12.2. The maximum Gasteiger partial charge on any atom is 0.337 e. The molecule has 0 spiro atoms. The summed E-state index contributed by atoms with van der Waals surface area (Å²) in [5, 5.41) is 14.2. The molecule has 0 unspecified atom stereocenters. The third kappa shape index (κ3) is 4.82. The van der Waals surface area contributed by atoms with Crippen molar-refractivity contribution in [2.24, 2.45) is 4.99 Å². The number of carbonyl (C=O) groups is 1. The van der Waals surface area contributed by atoms with E-state index >= 15 is 0 Å². The van der Waals surface area contributed by atoms with Crippen molar-refractivity contribution in [2.45, 2.75) is 6.54 Å². The van der Waals surface area contributed by atoms with Crippen LogP contribution < -0.4 is 10.6 Å². The lowest BCUT2D eigenvalue weighted by Crippen LogP contribution is -2.27. The van der Waals surface area contributed by atoms with Crippen molar-refractivity contribution in [3.8, 4) is 6.19 Å². The van der Waals surface area contributed by atoms with Crippen LogP contribution in [0.5, 0.6) is 0 Å². The highest BCUT2D eigenvalue weighted by molar-refractivity contribution is 5.96. The van der Waals surface area contributed by atoms with Gasteiger partial charge in [-0.3, -0.25) is 10.3 Å². The van der Waals surface area contributed by atoms with E-state index in [0.29, 0.717) is 17.8 Å². The van der Waals surface area contributed by atoms with E-state index in [9.17, 15) is 4.79 Å². The largest absolute Gasteiger partial charge is 0.465 e. The number of ether oxygens (including phenoxy) is 1. The smallest absolute Gasteiger partial charge is 0.337 e. The number of hydrogen-bond donors (Lipinski definition) is 2. The SMILES string of the molecule is COC(=O)c1cccc(NC(=NCc2ccccn2)NC#N)c1. The number of hydrogen-bond acceptors (Lipinski definition) is 5. The second-order valence-electron chi connectivity index (χ2n) is 4.42. The van der Waals surface area contributed by atoms with E-state index in [-0.39, 0.29) is 5.96 Å². The Morgan fingerprint density at radius 2 is 2.22 bits per heavy atom. The van der Waals surface area contributed by atoms with Gasteiger partial charge in [0.1, 0.15) is 0 Å². The summed E-state index contributed by atoms with van der Waals surface area (Å²) >= 11 is 0. The fourth-order valence-electron chi connectivity index (χ4n) is 1.79. The Bertz CT molecular complexity index is 738. The molecule has 23 heavy (non-hydrogen) atoms. The normalized spacial score (nSPS) is 10.5. The molecule has 116 valence electrons. The summed E-state index contributed by atoms with van der Waals surface area (Å²) < 4.78 is 4.68. The Morgan fingerprint density at radius 1 is 1.35 bits per heavy atom. The number of guanidine groups is 1. The number of nitriles is 1. The van der Waals surface area contributed by atoms with Gasteiger partial charge in [0.05, 0.1) is 24.9 Å². The molecule has 7 nitrogen and oxygen atoms in total. The van der Waals surface area contributed by atoms with Gasteiger partial charge >= 0.3 is 5.97 Å². The van der Waals surface area contributed by atoms with Gasteiger partial charge in [0.15, 0.2) is 6.19 Å². The molecular weight excluding hydrogens is 294 g/mol. The molecule has 7 heteroatoms. The summed E-state index contributed by atoms with van der Waals surface area (Å²) in [5.74, 6) is -0.172. The molecule has 0 amide bonds. The monoisotopic (exact) mass is 309 g/mol. The minimum atomic E-state index is -0.436. The lowest BCUT2D eigenvalue weighted by Gasteiger charge is -2.09. The highest BCUT2D eigenvalue weighted by Crippen LogP contribution is 2.11. The highest BCUT2D eigenvalue weighted by atomic mass is 16.5. The Morgan fingerprint density at radius 3 is 2.91 bits per heavy atom. The summed E-state index contributed by atoms with van der Waals surface area (Å²) in [7, 11) is 1.32. The molecule has 0 saturated carbocycles. The molecule has 0 saturated heterocycles. The van der Waals surface area contributed by atoms with Crippen molar-refractivity contribution in [2.75, 3.05) is 12.4 Å². The Labute approximate surface area is 133 Å². The van der Waals surface area contributed by atoms with Crippen LogP contribution in [0.2, 0.25) is 0 Å². The zero-order chi connectivity index (χ0) is 16.5. The van der Waals surface area contributed by atoms with E-state index in [1.165, 1.54) is 7.11 Å². The summed E-state index contributed by atoms with van der Waals surface area (Å²) in [6.07, 6.45) is 3.49. The number of esters is 1. The number of nitrogens with one attached hydrogen (secondary N) is 2. The zero-order valence-electron chi connectivity index (χ0n) is 12.5. The maximum absolute atomic E-state index is 11.5. The van der Waals surface area contributed by atoms with E-state index in [4.69, 9.17) is 5.26 Å². The molecular formula is C16H15N5O2. The number of aliphatic imine (C=N–C) groups is 1. The van der Waals surface area contributed by atoms with Crippen molar-refractivity contribution < 1.29 is 9.53 Å². The third-order valence-corrected chi connectivity index (χ3v) is 2.85. The standard InChI is InChI=1S/C16H15N5O2/c1-23-15(22)12-5-4-7-13(9-12)21-16(20-11-17)19-10-14-6-2-3-8-18-14/h2-9H,10H2,1H3,(H2,19,20,21). The van der Waals surface area contributed by atoms with E-state index in [2.05, 4.69) is 25.3 Å². The number of carbonyl (C=O) groups excluding carboxylic acids is 1. The number of aromatic nitrogens is 1. The van der Waals surface area contributed by atoms with Crippen molar-refractivity contribution in [3.63, 3.8) is 0 Å². The van der Waals surface area contributed by atoms with Crippen molar-refractivity contribution in [1.82, 2.24) is 10.3 Å². The number of rotatable bonds is 4. The van der Waals surface area contributed by atoms with Gasteiger partial charge in [0.25, 0.3) is 0 Å². The summed E-state index contributed by atoms with van der Waals surface area (Å²) in [6.45, 7) is 0.314. The van der Waals surface area contributed by atoms with Gasteiger partial charge in [-0.05, 0) is 30.3 Å². The van der Waals surface area contributed by atoms with Gasteiger partial charge in [0.2, 0.25) is 5.96 Å². The van der Waals surface area contributed by atoms with Crippen LogP contribution >= 0.6 is 0 Å². The number of nitrogens with zero attached hydrogens (tertiary/aromatic N) is 3. The first-order valence-corrected chi connectivity index (χ1v) is 6.78. The van der Waals surface area contributed by atoms with Crippen LogP contribution in [0.15, 0.2) is 53.7 Å². The molecule has 2 N–H and O–H groups in total. The molecule has 0 aliphatic heterocycles. The summed E-state index contributed by atoms with van der Waals surface area (Å²) in [5.41, 5.74) is 1.78. The lowest BCUT2D eigenvalue weighted by atomic mass is 10.2. The molecule has 0 bridgehead atoms. The number of methoxy groups -OCH3 is 1. The maximum atomic E-state index is 11.5. The fraction of sp³-hybridized carbons (Fsp3) is 0.125. The number of pyridine rings is 1. The quantitative estimate of drug-likeness (QED) is 0.294. The van der Waals surface area contributed by atoms with Crippen molar-refractivity contribution >= 4 is 17.6 Å². The predicted molar refractivity (Wildman–Crippen MR) is 85.5 cm³/mol. The molecule has 1 heterocycles. The molecule has 0 radical (unpaired) electrons. The second-order valence-corrected chi connectivity index (χ2v) is 4.42. The first-order valence-electron chi connectivity index (χ1n) is 6.78. The minimum absolute atomic E-state index is 0.264. The van der Waals surface area contributed by atoms with Crippen molar-refractivity contribution in [3.05, 3.63) is 59.9 Å². The van der Waals surface area contributed by atoms with E-state index in [1.807, 2.05) is 24.4 Å². The molecule has 0 aliphatic carbocycles.